The Balaban J connectivity index is 1.50. The number of carbonyl (C=O) groups excluding carboxylic acids is 2. The van der Waals surface area contributed by atoms with Crippen molar-refractivity contribution >= 4 is 17.6 Å². The van der Waals surface area contributed by atoms with Gasteiger partial charge in [-0.25, -0.2) is 13.6 Å². The molecular formula is C22H17F2NO4. The number of rotatable bonds is 7. The number of esters is 1. The van der Waals surface area contributed by atoms with Crippen LogP contribution in [0, 0.1) is 11.6 Å². The van der Waals surface area contributed by atoms with Gasteiger partial charge in [0.25, 0.3) is 5.91 Å². The number of ether oxygens (including phenoxy) is 2. The van der Waals surface area contributed by atoms with Crippen LogP contribution in [0.5, 0.6) is 5.75 Å². The van der Waals surface area contributed by atoms with Gasteiger partial charge in [-0.15, -0.1) is 0 Å². The molecule has 0 saturated heterocycles. The van der Waals surface area contributed by atoms with Crippen molar-refractivity contribution in [3.63, 3.8) is 0 Å². The van der Waals surface area contributed by atoms with Crippen LogP contribution in [0.2, 0.25) is 0 Å². The minimum absolute atomic E-state index is 0.0537. The van der Waals surface area contributed by atoms with Crippen LogP contribution in [0.25, 0.3) is 11.1 Å². The standard InChI is InChI=1S/C22H17F2NO4/c23-18-11-10-16(12-19(18)24)25-21(26)13-29-22(27)14-28-20-9-5-4-8-17(20)15-6-2-1-3-7-15/h1-12H,13-14H2,(H,25,26). The van der Waals surface area contributed by atoms with E-state index in [0.717, 1.165) is 23.3 Å². The first-order valence-corrected chi connectivity index (χ1v) is 8.70. The predicted octanol–water partition coefficient (Wildman–Crippen LogP) is 4.19. The number of amides is 1. The summed E-state index contributed by atoms with van der Waals surface area (Å²) in [5, 5.41) is 2.31. The van der Waals surface area contributed by atoms with E-state index in [4.69, 9.17) is 9.47 Å². The number of nitrogens with one attached hydrogen (secondary N) is 1. The van der Waals surface area contributed by atoms with Gasteiger partial charge in [-0.2, -0.15) is 0 Å². The van der Waals surface area contributed by atoms with Gasteiger partial charge in [0.1, 0.15) is 5.75 Å². The lowest BCUT2D eigenvalue weighted by atomic mass is 10.1. The monoisotopic (exact) mass is 397 g/mol. The van der Waals surface area contributed by atoms with Gasteiger partial charge in [0.15, 0.2) is 24.8 Å². The zero-order valence-corrected chi connectivity index (χ0v) is 15.2. The summed E-state index contributed by atoms with van der Waals surface area (Å²) in [6, 6.07) is 19.7. The summed E-state index contributed by atoms with van der Waals surface area (Å²) in [6.07, 6.45) is 0. The van der Waals surface area contributed by atoms with Crippen LogP contribution in [0.3, 0.4) is 0 Å². The third kappa shape index (κ3) is 5.62. The molecule has 0 spiro atoms. The second-order valence-corrected chi connectivity index (χ2v) is 5.99. The van der Waals surface area contributed by atoms with Crippen molar-refractivity contribution in [3.8, 4) is 16.9 Å². The number of halogens is 2. The summed E-state index contributed by atoms with van der Waals surface area (Å²) in [7, 11) is 0. The lowest BCUT2D eigenvalue weighted by Crippen LogP contribution is -2.23. The Hall–Kier alpha value is -3.74. The number of para-hydroxylation sites is 1. The Bertz CT molecular complexity index is 1010. The maximum atomic E-state index is 13.1. The van der Waals surface area contributed by atoms with Crippen LogP contribution in [0.1, 0.15) is 0 Å². The molecular weight excluding hydrogens is 380 g/mol. The number of anilines is 1. The van der Waals surface area contributed by atoms with Crippen molar-refractivity contribution in [1.82, 2.24) is 0 Å². The molecule has 7 heteroatoms. The smallest absolute Gasteiger partial charge is 0.344 e. The molecule has 0 fully saturated rings. The van der Waals surface area contributed by atoms with E-state index in [1.165, 1.54) is 6.07 Å². The first-order valence-electron chi connectivity index (χ1n) is 8.70. The van der Waals surface area contributed by atoms with Crippen LogP contribution in [0.15, 0.2) is 72.8 Å². The highest BCUT2D eigenvalue weighted by Crippen LogP contribution is 2.29. The molecule has 29 heavy (non-hydrogen) atoms. The van der Waals surface area contributed by atoms with Crippen molar-refractivity contribution in [2.45, 2.75) is 0 Å². The zero-order chi connectivity index (χ0) is 20.6. The summed E-state index contributed by atoms with van der Waals surface area (Å²) < 4.78 is 36.4. The molecule has 0 bridgehead atoms. The number of hydrogen-bond donors (Lipinski definition) is 1. The SMILES string of the molecule is O=C(COC(=O)COc1ccccc1-c1ccccc1)Nc1ccc(F)c(F)c1. The van der Waals surface area contributed by atoms with Gasteiger partial charge in [0, 0.05) is 17.3 Å². The highest BCUT2D eigenvalue weighted by molar-refractivity contribution is 5.92. The molecule has 0 aliphatic rings. The van der Waals surface area contributed by atoms with E-state index in [9.17, 15) is 18.4 Å². The second kappa shape index (κ2) is 9.45. The van der Waals surface area contributed by atoms with E-state index >= 15 is 0 Å². The van der Waals surface area contributed by atoms with E-state index in [0.29, 0.717) is 5.75 Å². The Morgan fingerprint density at radius 2 is 1.55 bits per heavy atom. The lowest BCUT2D eigenvalue weighted by Gasteiger charge is -2.11. The van der Waals surface area contributed by atoms with Crippen molar-refractivity contribution in [3.05, 3.63) is 84.4 Å². The quantitative estimate of drug-likeness (QED) is 0.607. The third-order valence-electron chi connectivity index (χ3n) is 3.88. The fourth-order valence-corrected chi connectivity index (χ4v) is 2.54. The Kier molecular flexibility index (Phi) is 6.52. The molecule has 0 aliphatic heterocycles. The zero-order valence-electron chi connectivity index (χ0n) is 15.2. The Morgan fingerprint density at radius 1 is 0.828 bits per heavy atom. The van der Waals surface area contributed by atoms with Crippen LogP contribution >= 0.6 is 0 Å². The minimum atomic E-state index is -1.09. The van der Waals surface area contributed by atoms with E-state index in [2.05, 4.69) is 5.32 Å². The first-order chi connectivity index (χ1) is 14.0. The molecule has 0 heterocycles. The topological polar surface area (TPSA) is 64.6 Å². The van der Waals surface area contributed by atoms with Gasteiger partial charge in [0.2, 0.25) is 0 Å². The first kappa shape index (κ1) is 20.0. The number of carbonyl (C=O) groups is 2. The molecule has 0 saturated carbocycles. The normalized spacial score (nSPS) is 10.3. The fraction of sp³-hybridized carbons (Fsp3) is 0.0909. The summed E-state index contributed by atoms with van der Waals surface area (Å²) in [5.74, 6) is -3.04. The highest BCUT2D eigenvalue weighted by Gasteiger charge is 2.12. The fourth-order valence-electron chi connectivity index (χ4n) is 2.54. The average Bonchev–Trinajstić information content (AvgIpc) is 2.74. The van der Waals surface area contributed by atoms with Crippen LogP contribution in [0.4, 0.5) is 14.5 Å². The van der Waals surface area contributed by atoms with Gasteiger partial charge in [-0.3, -0.25) is 4.79 Å². The van der Waals surface area contributed by atoms with Crippen molar-refractivity contribution in [1.29, 1.82) is 0 Å². The highest BCUT2D eigenvalue weighted by atomic mass is 19.2. The Labute approximate surface area is 165 Å². The van der Waals surface area contributed by atoms with Gasteiger partial charge >= 0.3 is 5.97 Å². The van der Waals surface area contributed by atoms with E-state index in [1.54, 1.807) is 12.1 Å². The molecule has 3 aromatic carbocycles. The molecule has 1 N–H and O–H groups in total. The van der Waals surface area contributed by atoms with Crippen molar-refractivity contribution < 1.29 is 27.8 Å². The molecule has 5 nitrogen and oxygen atoms in total. The van der Waals surface area contributed by atoms with Gasteiger partial charge in [-0.05, 0) is 23.8 Å². The van der Waals surface area contributed by atoms with E-state index in [1.807, 2.05) is 42.5 Å². The molecule has 0 radical (unpaired) electrons. The van der Waals surface area contributed by atoms with Crippen LogP contribution in [-0.4, -0.2) is 25.1 Å². The third-order valence-corrected chi connectivity index (χ3v) is 3.88. The van der Waals surface area contributed by atoms with E-state index < -0.39 is 30.1 Å². The maximum absolute atomic E-state index is 13.1. The van der Waals surface area contributed by atoms with Crippen molar-refractivity contribution in [2.75, 3.05) is 18.5 Å². The van der Waals surface area contributed by atoms with E-state index in [-0.39, 0.29) is 12.3 Å². The summed E-state index contributed by atoms with van der Waals surface area (Å²) in [4.78, 5) is 23.7. The molecule has 0 aliphatic carbocycles. The summed E-state index contributed by atoms with van der Waals surface area (Å²) in [6.45, 7) is -0.968. The van der Waals surface area contributed by atoms with Crippen LogP contribution < -0.4 is 10.1 Å². The van der Waals surface area contributed by atoms with Gasteiger partial charge in [0.05, 0.1) is 0 Å². The maximum Gasteiger partial charge on any atom is 0.344 e. The molecule has 1 amide bonds. The molecule has 0 unspecified atom stereocenters. The minimum Gasteiger partial charge on any atom is -0.481 e. The van der Waals surface area contributed by atoms with Crippen molar-refractivity contribution in [2.24, 2.45) is 0 Å². The number of benzene rings is 3. The molecule has 3 aromatic rings. The van der Waals surface area contributed by atoms with Crippen LogP contribution in [-0.2, 0) is 14.3 Å². The van der Waals surface area contributed by atoms with Gasteiger partial charge in [-0.1, -0.05) is 48.5 Å². The molecule has 148 valence electrons. The number of hydrogen-bond acceptors (Lipinski definition) is 4. The average molecular weight is 397 g/mol. The predicted molar refractivity (Wildman–Crippen MR) is 103 cm³/mol. The summed E-state index contributed by atoms with van der Waals surface area (Å²) in [5.41, 5.74) is 1.80. The largest absolute Gasteiger partial charge is 0.481 e. The molecule has 0 atom stereocenters. The second-order valence-electron chi connectivity index (χ2n) is 5.99. The lowest BCUT2D eigenvalue weighted by molar-refractivity contribution is -0.149. The molecule has 0 aromatic heterocycles. The summed E-state index contributed by atoms with van der Waals surface area (Å²) >= 11 is 0. The van der Waals surface area contributed by atoms with Gasteiger partial charge < -0.3 is 14.8 Å². The molecule has 3 rings (SSSR count). The Morgan fingerprint density at radius 3 is 2.31 bits per heavy atom.